The zero-order valence-corrected chi connectivity index (χ0v) is 46.2. The Labute approximate surface area is 469 Å². The summed E-state index contributed by atoms with van der Waals surface area (Å²) in [4.78, 5) is 9.90. The Hall–Kier alpha value is -9.45. The van der Waals surface area contributed by atoms with Crippen molar-refractivity contribution in [1.82, 2.24) is 9.55 Å². The van der Waals surface area contributed by atoms with E-state index in [1.165, 1.54) is 49.9 Å². The van der Waals surface area contributed by atoms with Crippen molar-refractivity contribution in [3.63, 3.8) is 0 Å². The highest BCUT2D eigenvalue weighted by Crippen LogP contribution is 2.59. The van der Waals surface area contributed by atoms with Crippen molar-refractivity contribution < 1.29 is 4.74 Å². The van der Waals surface area contributed by atoms with Crippen molar-refractivity contribution in [2.75, 3.05) is 16.5 Å². The lowest BCUT2D eigenvalue weighted by Gasteiger charge is -2.36. The number of hydrogen-bond acceptors (Lipinski definition) is 4. The molecular formula is C75H62N4O. The molecule has 1 unspecified atom stereocenters. The second-order valence-corrected chi connectivity index (χ2v) is 23.6. The maximum atomic E-state index is 6.91. The van der Waals surface area contributed by atoms with Crippen LogP contribution in [0.15, 0.2) is 255 Å². The van der Waals surface area contributed by atoms with E-state index in [4.69, 9.17) is 9.72 Å². The second-order valence-electron chi connectivity index (χ2n) is 23.6. The summed E-state index contributed by atoms with van der Waals surface area (Å²) in [6.45, 7) is 14.2. The van der Waals surface area contributed by atoms with Crippen LogP contribution in [0, 0.1) is 0 Å². The summed E-state index contributed by atoms with van der Waals surface area (Å²) < 4.78 is 9.18. The summed E-state index contributed by atoms with van der Waals surface area (Å²) in [6.07, 6.45) is 1.93. The molecule has 10 aromatic carbocycles. The highest BCUT2D eigenvalue weighted by atomic mass is 16.5. The van der Waals surface area contributed by atoms with Crippen molar-refractivity contribution in [2.24, 2.45) is 0 Å². The van der Waals surface area contributed by atoms with Crippen LogP contribution in [0.5, 0.6) is 11.5 Å². The molecule has 80 heavy (non-hydrogen) atoms. The highest BCUT2D eigenvalue weighted by molar-refractivity contribution is 6.09. The fraction of sp³-hybridized carbons (Fsp3) is 0.133. The largest absolute Gasteiger partial charge is 0.457 e. The van der Waals surface area contributed by atoms with Gasteiger partial charge in [0.1, 0.15) is 24.0 Å². The van der Waals surface area contributed by atoms with E-state index in [-0.39, 0.29) is 10.8 Å². The molecule has 388 valence electrons. The number of fused-ring (bicyclic) bond motifs is 7. The van der Waals surface area contributed by atoms with E-state index in [1.54, 1.807) is 0 Å². The first-order valence-corrected chi connectivity index (χ1v) is 28.0. The summed E-state index contributed by atoms with van der Waals surface area (Å²) in [5.74, 6) is 2.40. The zero-order valence-electron chi connectivity index (χ0n) is 46.2. The van der Waals surface area contributed by atoms with Gasteiger partial charge in [0.15, 0.2) is 0 Å². The minimum absolute atomic E-state index is 0.0187. The maximum absolute atomic E-state index is 6.91. The van der Waals surface area contributed by atoms with Crippen LogP contribution in [-0.2, 0) is 16.2 Å². The number of para-hydroxylation sites is 3. The van der Waals surface area contributed by atoms with Crippen molar-refractivity contribution in [2.45, 2.75) is 57.8 Å². The molecule has 5 nitrogen and oxygen atoms in total. The predicted molar refractivity (Wildman–Crippen MR) is 333 cm³/mol. The maximum Gasteiger partial charge on any atom is 0.137 e. The first-order chi connectivity index (χ1) is 38.9. The van der Waals surface area contributed by atoms with Crippen LogP contribution in [0.3, 0.4) is 0 Å². The van der Waals surface area contributed by atoms with Gasteiger partial charge < -0.3 is 14.5 Å². The molecular weight excluding hydrogens is 973 g/mol. The average molecular weight is 1040 g/mol. The minimum atomic E-state index is -0.625. The van der Waals surface area contributed by atoms with E-state index in [1.807, 2.05) is 6.20 Å². The molecule has 0 fully saturated rings. The molecule has 1 aliphatic heterocycles. The summed E-state index contributed by atoms with van der Waals surface area (Å²) in [6, 6.07) is 91.4. The molecule has 12 aromatic rings. The fourth-order valence-electron chi connectivity index (χ4n) is 12.8. The molecule has 2 aromatic heterocycles. The summed E-state index contributed by atoms with van der Waals surface area (Å²) in [5, 5.41) is 2.33. The Morgan fingerprint density at radius 1 is 0.412 bits per heavy atom. The normalized spacial score (nSPS) is 14.8. The van der Waals surface area contributed by atoms with Gasteiger partial charge in [0, 0.05) is 45.9 Å². The second kappa shape index (κ2) is 18.9. The summed E-state index contributed by atoms with van der Waals surface area (Å²) in [7, 11) is 0. The van der Waals surface area contributed by atoms with E-state index >= 15 is 0 Å². The lowest BCUT2D eigenvalue weighted by molar-refractivity contribution is 0.483. The number of nitrogens with zero attached hydrogens (tertiary/aromatic N) is 4. The van der Waals surface area contributed by atoms with Gasteiger partial charge in [-0.05, 0) is 133 Å². The number of pyridine rings is 1. The predicted octanol–water partition coefficient (Wildman–Crippen LogP) is 19.5. The molecule has 1 atom stereocenters. The average Bonchev–Trinajstić information content (AvgIpc) is 4.26. The molecule has 0 saturated carbocycles. The standard InChI is InChI=1S/C75H62N4O/c1-73(2,3)53-37-40-66-64(43-53)59-31-16-18-33-65(59)75(66,52-27-14-9-15-28-52)55-44-62(50-23-10-7-11-24-50)72(63(45-55)51-25-12-8-13-26-51)78-49-77(68-35-20-21-36-69(68)78)56-29-22-30-57(47-56)80-58-38-39-61-60-32-17-19-34-67(60)79(70(61)48-58)71-46-54(41-42-76-71)74(4,5)6/h7-48H,49H2,1-6H3. The molecule has 2 aliphatic rings. The van der Waals surface area contributed by atoms with Gasteiger partial charge in [-0.15, -0.1) is 0 Å². The van der Waals surface area contributed by atoms with Crippen LogP contribution < -0.4 is 14.5 Å². The first kappa shape index (κ1) is 48.9. The Morgan fingerprint density at radius 2 is 1.00 bits per heavy atom. The van der Waals surface area contributed by atoms with E-state index in [0.717, 1.165) is 78.7 Å². The summed E-state index contributed by atoms with van der Waals surface area (Å²) in [5.41, 5.74) is 20.7. The SMILES string of the molecule is CC(C)(C)c1ccnc(-n2c3ccccc3c3ccc(Oc4cccc(N5CN(c6c(-c7ccccc7)cc(C7(c8ccccc8)c8ccccc8-c8cc(C(C)(C)C)ccc87)cc6-c6ccccc6)c6ccccc65)c4)cc32)c1. The number of rotatable bonds is 9. The smallest absolute Gasteiger partial charge is 0.137 e. The van der Waals surface area contributed by atoms with E-state index < -0.39 is 5.41 Å². The first-order valence-electron chi connectivity index (χ1n) is 28.0. The van der Waals surface area contributed by atoms with E-state index in [9.17, 15) is 0 Å². The van der Waals surface area contributed by atoms with Gasteiger partial charge in [0.05, 0.1) is 33.5 Å². The molecule has 3 heterocycles. The number of anilines is 4. The third-order valence-electron chi connectivity index (χ3n) is 16.7. The number of aromatic nitrogens is 2. The van der Waals surface area contributed by atoms with Gasteiger partial charge in [0.2, 0.25) is 0 Å². The van der Waals surface area contributed by atoms with Crippen molar-refractivity contribution in [3.05, 3.63) is 288 Å². The third-order valence-corrected chi connectivity index (χ3v) is 16.7. The van der Waals surface area contributed by atoms with Gasteiger partial charge in [0.25, 0.3) is 0 Å². The van der Waals surface area contributed by atoms with Crippen LogP contribution in [0.25, 0.3) is 61.0 Å². The van der Waals surface area contributed by atoms with Crippen molar-refractivity contribution in [1.29, 1.82) is 0 Å². The molecule has 1 aliphatic carbocycles. The molecule has 0 radical (unpaired) electrons. The van der Waals surface area contributed by atoms with Crippen molar-refractivity contribution >= 4 is 44.6 Å². The quantitative estimate of drug-likeness (QED) is 0.144. The molecule has 0 bridgehead atoms. The minimum Gasteiger partial charge on any atom is -0.457 e. The Balaban J connectivity index is 0.916. The molecule has 0 N–H and O–H groups in total. The molecule has 14 rings (SSSR count). The lowest BCUT2D eigenvalue weighted by atomic mass is 9.66. The third kappa shape index (κ3) is 8.02. The zero-order chi connectivity index (χ0) is 54.3. The fourth-order valence-corrected chi connectivity index (χ4v) is 12.8. The van der Waals surface area contributed by atoms with E-state index in [0.29, 0.717) is 6.67 Å². The van der Waals surface area contributed by atoms with Crippen LogP contribution in [0.1, 0.15) is 74.9 Å². The molecule has 0 saturated heterocycles. The Kier molecular flexibility index (Phi) is 11.5. The highest BCUT2D eigenvalue weighted by Gasteiger charge is 2.47. The molecule has 5 heteroatoms. The van der Waals surface area contributed by atoms with Crippen LogP contribution in [0.2, 0.25) is 0 Å². The lowest BCUT2D eigenvalue weighted by Crippen LogP contribution is -2.30. The van der Waals surface area contributed by atoms with Gasteiger partial charge in [-0.2, -0.15) is 0 Å². The number of benzene rings is 10. The topological polar surface area (TPSA) is 33.5 Å². The van der Waals surface area contributed by atoms with Gasteiger partial charge >= 0.3 is 0 Å². The van der Waals surface area contributed by atoms with Gasteiger partial charge in [-0.1, -0.05) is 211 Å². The van der Waals surface area contributed by atoms with Crippen molar-refractivity contribution in [3.8, 4) is 50.7 Å². The van der Waals surface area contributed by atoms with Gasteiger partial charge in [-0.25, -0.2) is 4.98 Å². The Bertz CT molecular complexity index is 4280. The van der Waals surface area contributed by atoms with Crippen LogP contribution >= 0.6 is 0 Å². The molecule has 0 amide bonds. The number of hydrogen-bond donors (Lipinski definition) is 0. The van der Waals surface area contributed by atoms with Crippen LogP contribution in [0.4, 0.5) is 22.7 Å². The Morgan fingerprint density at radius 3 is 1.71 bits per heavy atom. The van der Waals surface area contributed by atoms with Crippen LogP contribution in [-0.4, -0.2) is 16.2 Å². The summed E-state index contributed by atoms with van der Waals surface area (Å²) >= 11 is 0. The van der Waals surface area contributed by atoms with E-state index in [2.05, 4.69) is 305 Å². The monoisotopic (exact) mass is 1030 g/mol. The number of ether oxygens (including phenoxy) is 1. The molecule has 0 spiro atoms. The van der Waals surface area contributed by atoms with Gasteiger partial charge in [-0.3, -0.25) is 4.57 Å².